The summed E-state index contributed by atoms with van der Waals surface area (Å²) < 4.78 is 18.4. The third-order valence-corrected chi connectivity index (χ3v) is 3.74. The van der Waals surface area contributed by atoms with Gasteiger partial charge in [0.1, 0.15) is 11.6 Å². The van der Waals surface area contributed by atoms with Crippen molar-refractivity contribution in [3.05, 3.63) is 30.1 Å². The second-order valence-corrected chi connectivity index (χ2v) is 5.55. The van der Waals surface area contributed by atoms with Crippen molar-refractivity contribution in [3.63, 3.8) is 0 Å². The van der Waals surface area contributed by atoms with E-state index in [1.165, 1.54) is 12.1 Å². The van der Waals surface area contributed by atoms with Crippen molar-refractivity contribution in [2.24, 2.45) is 5.92 Å². The molecule has 5 heteroatoms. The second-order valence-electron chi connectivity index (χ2n) is 5.55. The van der Waals surface area contributed by atoms with Crippen LogP contribution in [0, 0.1) is 11.7 Å². The van der Waals surface area contributed by atoms with E-state index in [4.69, 9.17) is 4.74 Å². The van der Waals surface area contributed by atoms with Gasteiger partial charge in [-0.1, -0.05) is 13.0 Å². The number of nitrogens with one attached hydrogen (secondary N) is 2. The molecular weight excluding hydrogens is 271 g/mol. The standard InChI is InChI=1S/C16H23FN2O2/c1-12-11-18-8-7-15(12)19-16(20)6-3-9-21-14-5-2-4-13(17)10-14/h2,4-5,10,12,15,18H,3,6-9,11H2,1H3,(H,19,20). The van der Waals surface area contributed by atoms with Gasteiger partial charge in [-0.05, 0) is 44.0 Å². The average molecular weight is 294 g/mol. The van der Waals surface area contributed by atoms with E-state index in [0.29, 0.717) is 31.1 Å². The molecule has 116 valence electrons. The maximum Gasteiger partial charge on any atom is 0.220 e. The summed E-state index contributed by atoms with van der Waals surface area (Å²) in [6, 6.07) is 6.30. The first kappa shape index (κ1) is 15.8. The van der Waals surface area contributed by atoms with E-state index in [2.05, 4.69) is 17.6 Å². The van der Waals surface area contributed by atoms with Crippen LogP contribution < -0.4 is 15.4 Å². The Kier molecular flexibility index (Phi) is 5.99. The quantitative estimate of drug-likeness (QED) is 0.790. The topological polar surface area (TPSA) is 50.4 Å². The molecule has 0 radical (unpaired) electrons. The molecule has 2 unspecified atom stereocenters. The minimum atomic E-state index is -0.315. The Labute approximate surface area is 125 Å². The lowest BCUT2D eigenvalue weighted by atomic mass is 9.95. The highest BCUT2D eigenvalue weighted by molar-refractivity contribution is 5.76. The molecule has 1 aromatic rings. The molecule has 1 aromatic carbocycles. The molecule has 1 aliphatic rings. The highest BCUT2D eigenvalue weighted by Crippen LogP contribution is 2.13. The summed E-state index contributed by atoms with van der Waals surface area (Å²) in [5.74, 6) is 0.718. The summed E-state index contributed by atoms with van der Waals surface area (Å²) in [6.07, 6.45) is 2.04. The van der Waals surface area contributed by atoms with Crippen LogP contribution in [0.1, 0.15) is 26.2 Å². The van der Waals surface area contributed by atoms with Crippen LogP contribution in [0.3, 0.4) is 0 Å². The number of carbonyl (C=O) groups is 1. The van der Waals surface area contributed by atoms with E-state index >= 15 is 0 Å². The summed E-state index contributed by atoms with van der Waals surface area (Å²) in [7, 11) is 0. The molecule has 1 heterocycles. The summed E-state index contributed by atoms with van der Waals surface area (Å²) >= 11 is 0. The third kappa shape index (κ3) is 5.34. The number of carbonyl (C=O) groups excluding carboxylic acids is 1. The van der Waals surface area contributed by atoms with Crippen LogP contribution >= 0.6 is 0 Å². The van der Waals surface area contributed by atoms with Gasteiger partial charge < -0.3 is 15.4 Å². The molecule has 0 aromatic heterocycles. The van der Waals surface area contributed by atoms with Crippen molar-refractivity contribution >= 4 is 5.91 Å². The van der Waals surface area contributed by atoms with Crippen molar-refractivity contribution in [2.75, 3.05) is 19.7 Å². The van der Waals surface area contributed by atoms with Gasteiger partial charge in [-0.15, -0.1) is 0 Å². The van der Waals surface area contributed by atoms with E-state index in [9.17, 15) is 9.18 Å². The van der Waals surface area contributed by atoms with Gasteiger partial charge in [-0.25, -0.2) is 4.39 Å². The molecule has 2 rings (SSSR count). The average Bonchev–Trinajstić information content (AvgIpc) is 2.46. The largest absolute Gasteiger partial charge is 0.493 e. The van der Waals surface area contributed by atoms with Gasteiger partial charge in [-0.2, -0.15) is 0 Å². The van der Waals surface area contributed by atoms with Crippen molar-refractivity contribution in [1.29, 1.82) is 0 Å². The fourth-order valence-electron chi connectivity index (χ4n) is 2.49. The maximum atomic E-state index is 13.0. The van der Waals surface area contributed by atoms with E-state index < -0.39 is 0 Å². The van der Waals surface area contributed by atoms with Crippen LogP contribution in [-0.2, 0) is 4.79 Å². The molecule has 0 aliphatic carbocycles. The molecule has 0 saturated carbocycles. The Hall–Kier alpha value is -1.62. The minimum absolute atomic E-state index is 0.0663. The van der Waals surface area contributed by atoms with Gasteiger partial charge in [0.15, 0.2) is 0 Å². The molecule has 1 fully saturated rings. The summed E-state index contributed by atoms with van der Waals surface area (Å²) in [5.41, 5.74) is 0. The number of amides is 1. The van der Waals surface area contributed by atoms with Gasteiger partial charge in [0.2, 0.25) is 5.91 Å². The van der Waals surface area contributed by atoms with Crippen LogP contribution in [0.2, 0.25) is 0 Å². The number of piperidine rings is 1. The van der Waals surface area contributed by atoms with Crippen LogP contribution in [0.15, 0.2) is 24.3 Å². The first-order valence-corrected chi connectivity index (χ1v) is 7.53. The number of halogens is 1. The number of hydrogen-bond donors (Lipinski definition) is 2. The molecule has 21 heavy (non-hydrogen) atoms. The summed E-state index contributed by atoms with van der Waals surface area (Å²) in [4.78, 5) is 11.9. The van der Waals surface area contributed by atoms with Gasteiger partial charge >= 0.3 is 0 Å². The lowest BCUT2D eigenvalue weighted by molar-refractivity contribution is -0.122. The first-order valence-electron chi connectivity index (χ1n) is 7.53. The Bertz CT molecular complexity index is 467. The van der Waals surface area contributed by atoms with Crippen LogP contribution in [-0.4, -0.2) is 31.6 Å². The predicted molar refractivity (Wildman–Crippen MR) is 79.7 cm³/mol. The fourth-order valence-corrected chi connectivity index (χ4v) is 2.49. The van der Waals surface area contributed by atoms with Crippen LogP contribution in [0.4, 0.5) is 4.39 Å². The molecule has 0 spiro atoms. The van der Waals surface area contributed by atoms with Gasteiger partial charge in [0, 0.05) is 18.5 Å². The fraction of sp³-hybridized carbons (Fsp3) is 0.562. The molecule has 2 atom stereocenters. The van der Waals surface area contributed by atoms with Crippen LogP contribution in [0.25, 0.3) is 0 Å². The van der Waals surface area contributed by atoms with Crippen molar-refractivity contribution in [1.82, 2.24) is 10.6 Å². The number of benzene rings is 1. The Morgan fingerprint density at radius 1 is 1.52 bits per heavy atom. The molecule has 1 aliphatic heterocycles. The van der Waals surface area contributed by atoms with Gasteiger partial charge in [0.05, 0.1) is 6.61 Å². The number of hydrogen-bond acceptors (Lipinski definition) is 3. The first-order chi connectivity index (χ1) is 10.1. The van der Waals surface area contributed by atoms with Crippen molar-refractivity contribution < 1.29 is 13.9 Å². The molecular formula is C16H23FN2O2. The van der Waals surface area contributed by atoms with E-state index in [1.807, 2.05) is 0 Å². The van der Waals surface area contributed by atoms with Gasteiger partial charge in [0.25, 0.3) is 0 Å². The minimum Gasteiger partial charge on any atom is -0.493 e. The zero-order valence-electron chi connectivity index (χ0n) is 12.4. The molecule has 2 N–H and O–H groups in total. The lowest BCUT2D eigenvalue weighted by Crippen LogP contribution is -2.48. The third-order valence-electron chi connectivity index (χ3n) is 3.74. The Balaban J connectivity index is 1.63. The normalized spacial score (nSPS) is 21.8. The second kappa shape index (κ2) is 7.98. The molecule has 4 nitrogen and oxygen atoms in total. The summed E-state index contributed by atoms with van der Waals surface area (Å²) in [6.45, 7) is 4.47. The number of rotatable bonds is 6. The number of ether oxygens (including phenoxy) is 1. The highest BCUT2D eigenvalue weighted by atomic mass is 19.1. The lowest BCUT2D eigenvalue weighted by Gasteiger charge is -2.30. The molecule has 1 saturated heterocycles. The zero-order chi connectivity index (χ0) is 15.1. The Morgan fingerprint density at radius 2 is 2.38 bits per heavy atom. The Morgan fingerprint density at radius 3 is 3.14 bits per heavy atom. The highest BCUT2D eigenvalue weighted by Gasteiger charge is 2.22. The molecule has 1 amide bonds. The van der Waals surface area contributed by atoms with Gasteiger partial charge in [-0.3, -0.25) is 4.79 Å². The van der Waals surface area contributed by atoms with Crippen LogP contribution in [0.5, 0.6) is 5.75 Å². The monoisotopic (exact) mass is 294 g/mol. The zero-order valence-corrected chi connectivity index (χ0v) is 12.4. The maximum absolute atomic E-state index is 13.0. The van der Waals surface area contributed by atoms with Crippen molar-refractivity contribution in [2.45, 2.75) is 32.2 Å². The smallest absolute Gasteiger partial charge is 0.220 e. The SMILES string of the molecule is CC1CNCCC1NC(=O)CCCOc1cccc(F)c1. The molecule has 0 bridgehead atoms. The van der Waals surface area contributed by atoms with Crippen molar-refractivity contribution in [3.8, 4) is 5.75 Å². The predicted octanol–water partition coefficient (Wildman–Crippen LogP) is 2.10. The van der Waals surface area contributed by atoms with E-state index in [1.54, 1.807) is 12.1 Å². The van der Waals surface area contributed by atoms with E-state index in [0.717, 1.165) is 19.5 Å². The van der Waals surface area contributed by atoms with E-state index in [-0.39, 0.29) is 17.8 Å². The summed E-state index contributed by atoms with van der Waals surface area (Å²) in [5, 5.41) is 6.39.